The van der Waals surface area contributed by atoms with E-state index in [9.17, 15) is 0 Å². The van der Waals surface area contributed by atoms with Gasteiger partial charge in [0.15, 0.2) is 0 Å². The summed E-state index contributed by atoms with van der Waals surface area (Å²) in [4.78, 5) is 4.24. The van der Waals surface area contributed by atoms with Gasteiger partial charge in [-0.3, -0.25) is 20.6 Å². The number of aromatic nitrogens is 5. The first kappa shape index (κ1) is 11.7. The van der Waals surface area contributed by atoms with Crippen LogP contribution in [0.4, 0.5) is 0 Å². The van der Waals surface area contributed by atoms with Gasteiger partial charge in [-0.1, -0.05) is 0 Å². The zero-order valence-corrected chi connectivity index (χ0v) is 10.0. The van der Waals surface area contributed by atoms with Gasteiger partial charge in [0.25, 0.3) is 0 Å². The van der Waals surface area contributed by atoms with Gasteiger partial charge in [0.2, 0.25) is 0 Å². The Bertz CT molecular complexity index is 472. The predicted octanol–water partition coefficient (Wildman–Crippen LogP) is -0.221. The molecule has 0 fully saturated rings. The summed E-state index contributed by atoms with van der Waals surface area (Å²) in [5, 5.41) is 8.28. The van der Waals surface area contributed by atoms with E-state index >= 15 is 0 Å². The summed E-state index contributed by atoms with van der Waals surface area (Å²) in [5.41, 5.74) is 3.82. The highest BCUT2D eigenvalue weighted by Gasteiger charge is 2.16. The summed E-state index contributed by atoms with van der Waals surface area (Å²) >= 11 is 0. The van der Waals surface area contributed by atoms with Gasteiger partial charge >= 0.3 is 0 Å². The molecule has 92 valence electrons. The Balaban J connectivity index is 2.19. The average molecular weight is 235 g/mol. The number of nitrogens with one attached hydrogen (secondary N) is 1. The monoisotopic (exact) mass is 235 g/mol. The van der Waals surface area contributed by atoms with Crippen LogP contribution in [-0.4, -0.2) is 24.5 Å². The molecule has 3 N–H and O–H groups in total. The largest absolute Gasteiger partial charge is 0.271 e. The Morgan fingerprint density at radius 2 is 2.29 bits per heavy atom. The molecule has 2 heterocycles. The SMILES string of the molecule is CCn1ncnc1CC(NN)c1ccnn1C. The van der Waals surface area contributed by atoms with Crippen molar-refractivity contribution in [3.8, 4) is 0 Å². The highest BCUT2D eigenvalue weighted by Crippen LogP contribution is 2.15. The van der Waals surface area contributed by atoms with Gasteiger partial charge in [-0.05, 0) is 13.0 Å². The molecular formula is C10H17N7. The molecule has 0 aliphatic heterocycles. The molecular weight excluding hydrogens is 218 g/mol. The Morgan fingerprint density at radius 3 is 2.88 bits per heavy atom. The van der Waals surface area contributed by atoms with Gasteiger partial charge in [-0.15, -0.1) is 0 Å². The van der Waals surface area contributed by atoms with E-state index in [2.05, 4.69) is 20.6 Å². The van der Waals surface area contributed by atoms with Crippen molar-refractivity contribution in [2.45, 2.75) is 25.9 Å². The van der Waals surface area contributed by atoms with E-state index in [0.717, 1.165) is 18.1 Å². The standard InChI is InChI=1S/C10H17N7/c1-3-17-10(12-7-14-17)6-8(15-11)9-4-5-13-16(9)2/h4-5,7-8,15H,3,6,11H2,1-2H3. The molecule has 2 aromatic heterocycles. The second kappa shape index (κ2) is 5.07. The van der Waals surface area contributed by atoms with Crippen molar-refractivity contribution in [3.05, 3.63) is 30.1 Å². The van der Waals surface area contributed by atoms with Crippen molar-refractivity contribution in [3.63, 3.8) is 0 Å². The summed E-state index contributed by atoms with van der Waals surface area (Å²) in [6, 6.07) is 1.92. The highest BCUT2D eigenvalue weighted by atomic mass is 15.3. The molecule has 2 aromatic rings. The minimum absolute atomic E-state index is 0.0167. The molecule has 0 bridgehead atoms. The first-order valence-electron chi connectivity index (χ1n) is 5.57. The van der Waals surface area contributed by atoms with Crippen LogP contribution in [0, 0.1) is 0 Å². The summed E-state index contributed by atoms with van der Waals surface area (Å²) in [7, 11) is 1.89. The predicted molar refractivity (Wildman–Crippen MR) is 62.7 cm³/mol. The summed E-state index contributed by atoms with van der Waals surface area (Å²) < 4.78 is 3.66. The molecule has 0 saturated carbocycles. The van der Waals surface area contributed by atoms with Crippen molar-refractivity contribution in [1.82, 2.24) is 30.0 Å². The maximum absolute atomic E-state index is 5.59. The minimum Gasteiger partial charge on any atom is -0.271 e. The fourth-order valence-electron chi connectivity index (χ4n) is 1.87. The Labute approximate surface area is 99.6 Å². The van der Waals surface area contributed by atoms with E-state index in [1.54, 1.807) is 17.2 Å². The molecule has 0 radical (unpaired) electrons. The smallest absolute Gasteiger partial charge is 0.138 e. The van der Waals surface area contributed by atoms with Crippen LogP contribution in [0.25, 0.3) is 0 Å². The lowest BCUT2D eigenvalue weighted by Crippen LogP contribution is -2.32. The van der Waals surface area contributed by atoms with Gasteiger partial charge in [-0.2, -0.15) is 10.2 Å². The van der Waals surface area contributed by atoms with Gasteiger partial charge in [0, 0.05) is 26.2 Å². The number of aryl methyl sites for hydroxylation is 2. The van der Waals surface area contributed by atoms with Crippen LogP contribution in [0.5, 0.6) is 0 Å². The summed E-state index contributed by atoms with van der Waals surface area (Å²) in [5.74, 6) is 6.51. The van der Waals surface area contributed by atoms with Crippen LogP contribution in [0.2, 0.25) is 0 Å². The van der Waals surface area contributed by atoms with E-state index in [-0.39, 0.29) is 6.04 Å². The van der Waals surface area contributed by atoms with Crippen molar-refractivity contribution < 1.29 is 0 Å². The number of nitrogens with two attached hydrogens (primary N) is 1. The average Bonchev–Trinajstić information content (AvgIpc) is 2.94. The Hall–Kier alpha value is -1.73. The van der Waals surface area contributed by atoms with Crippen molar-refractivity contribution in [1.29, 1.82) is 0 Å². The number of hydrogen-bond donors (Lipinski definition) is 2. The van der Waals surface area contributed by atoms with Crippen molar-refractivity contribution >= 4 is 0 Å². The topological polar surface area (TPSA) is 86.6 Å². The van der Waals surface area contributed by atoms with E-state index in [0.29, 0.717) is 6.42 Å². The maximum Gasteiger partial charge on any atom is 0.138 e. The zero-order chi connectivity index (χ0) is 12.3. The first-order valence-corrected chi connectivity index (χ1v) is 5.57. The molecule has 0 saturated heterocycles. The third-order valence-electron chi connectivity index (χ3n) is 2.80. The lowest BCUT2D eigenvalue weighted by atomic mass is 10.1. The molecule has 1 atom stereocenters. The van der Waals surface area contributed by atoms with Gasteiger partial charge in [0.1, 0.15) is 12.2 Å². The van der Waals surface area contributed by atoms with Crippen LogP contribution < -0.4 is 11.3 Å². The van der Waals surface area contributed by atoms with Crippen LogP contribution in [-0.2, 0) is 20.0 Å². The molecule has 1 unspecified atom stereocenters. The minimum atomic E-state index is -0.0167. The highest BCUT2D eigenvalue weighted by molar-refractivity contribution is 5.09. The van der Waals surface area contributed by atoms with Crippen LogP contribution in [0.1, 0.15) is 24.5 Å². The van der Waals surface area contributed by atoms with Gasteiger partial charge < -0.3 is 0 Å². The van der Waals surface area contributed by atoms with Crippen LogP contribution in [0.15, 0.2) is 18.6 Å². The van der Waals surface area contributed by atoms with Crippen LogP contribution >= 0.6 is 0 Å². The third kappa shape index (κ3) is 2.34. The van der Waals surface area contributed by atoms with Crippen molar-refractivity contribution in [2.24, 2.45) is 12.9 Å². The van der Waals surface area contributed by atoms with E-state index in [1.807, 2.05) is 24.7 Å². The second-order valence-electron chi connectivity index (χ2n) is 3.80. The first-order chi connectivity index (χ1) is 8.26. The molecule has 0 aliphatic rings. The maximum atomic E-state index is 5.59. The van der Waals surface area contributed by atoms with E-state index < -0.39 is 0 Å². The van der Waals surface area contributed by atoms with E-state index in [1.165, 1.54) is 0 Å². The molecule has 17 heavy (non-hydrogen) atoms. The van der Waals surface area contributed by atoms with Crippen LogP contribution in [0.3, 0.4) is 0 Å². The normalized spacial score (nSPS) is 12.9. The number of nitrogens with zero attached hydrogens (tertiary/aromatic N) is 5. The molecule has 0 amide bonds. The number of hydrogen-bond acceptors (Lipinski definition) is 5. The Morgan fingerprint density at radius 1 is 1.47 bits per heavy atom. The van der Waals surface area contributed by atoms with E-state index in [4.69, 9.17) is 5.84 Å². The molecule has 7 nitrogen and oxygen atoms in total. The number of rotatable bonds is 5. The molecule has 0 spiro atoms. The fraction of sp³-hybridized carbons (Fsp3) is 0.500. The lowest BCUT2D eigenvalue weighted by molar-refractivity contribution is 0.480. The molecule has 0 aromatic carbocycles. The molecule has 0 aliphatic carbocycles. The lowest BCUT2D eigenvalue weighted by Gasteiger charge is -2.15. The third-order valence-corrected chi connectivity index (χ3v) is 2.80. The van der Waals surface area contributed by atoms with Gasteiger partial charge in [0.05, 0.1) is 11.7 Å². The summed E-state index contributed by atoms with van der Waals surface area (Å²) in [6.45, 7) is 2.84. The van der Waals surface area contributed by atoms with Gasteiger partial charge in [-0.25, -0.2) is 4.98 Å². The summed E-state index contributed by atoms with van der Waals surface area (Å²) in [6.07, 6.45) is 4.00. The Kier molecular flexibility index (Phi) is 3.50. The number of hydrazine groups is 1. The fourth-order valence-corrected chi connectivity index (χ4v) is 1.87. The second-order valence-corrected chi connectivity index (χ2v) is 3.80. The quantitative estimate of drug-likeness (QED) is 0.552. The molecule has 2 rings (SSSR count). The zero-order valence-electron chi connectivity index (χ0n) is 10.0. The molecule has 7 heteroatoms. The van der Waals surface area contributed by atoms with Crippen molar-refractivity contribution in [2.75, 3.05) is 0 Å².